The third-order valence-corrected chi connectivity index (χ3v) is 4.05. The molecule has 2 aromatic carbocycles. The van der Waals surface area contributed by atoms with Crippen LogP contribution in [0.3, 0.4) is 0 Å². The maximum atomic E-state index is 13.6. The number of benzene rings is 2. The van der Waals surface area contributed by atoms with Crippen LogP contribution in [-0.4, -0.2) is 24.8 Å². The molecular weight excluding hydrogens is 389 g/mol. The van der Waals surface area contributed by atoms with Crippen molar-refractivity contribution in [2.75, 3.05) is 12.4 Å². The Morgan fingerprint density at radius 2 is 1.76 bits per heavy atom. The van der Waals surface area contributed by atoms with Crippen LogP contribution in [0.4, 0.5) is 18.9 Å². The van der Waals surface area contributed by atoms with Crippen LogP contribution in [0.2, 0.25) is 0 Å². The van der Waals surface area contributed by atoms with Crippen LogP contribution in [0.15, 0.2) is 30.3 Å². The first-order chi connectivity index (χ1) is 13.7. The van der Waals surface area contributed by atoms with Gasteiger partial charge >= 0.3 is 5.97 Å². The molecule has 2 aromatic rings. The number of ketones is 1. The maximum absolute atomic E-state index is 13.6. The van der Waals surface area contributed by atoms with E-state index in [4.69, 9.17) is 5.26 Å². The summed E-state index contributed by atoms with van der Waals surface area (Å²) in [4.78, 5) is 36.0. The Hall–Kier alpha value is -3.67. The van der Waals surface area contributed by atoms with Gasteiger partial charge in [0.15, 0.2) is 29.2 Å². The lowest BCUT2D eigenvalue weighted by molar-refractivity contribution is -0.128. The van der Waals surface area contributed by atoms with Crippen molar-refractivity contribution in [2.45, 2.75) is 13.3 Å². The molecule has 1 atom stereocenters. The summed E-state index contributed by atoms with van der Waals surface area (Å²) in [6.45, 7) is 1.51. The predicted molar refractivity (Wildman–Crippen MR) is 96.1 cm³/mol. The number of ether oxygens (including phenoxy) is 1. The molecule has 1 amide bonds. The number of esters is 1. The molecule has 6 nitrogen and oxygen atoms in total. The monoisotopic (exact) mass is 404 g/mol. The van der Waals surface area contributed by atoms with Crippen LogP contribution in [0, 0.1) is 34.7 Å². The number of Topliss-reactive ketones (excluding diaryl/α,β-unsaturated/α-hetero) is 1. The number of hydrogen-bond donors (Lipinski definition) is 1. The zero-order chi connectivity index (χ0) is 21.7. The van der Waals surface area contributed by atoms with Crippen molar-refractivity contribution in [3.8, 4) is 17.2 Å². The van der Waals surface area contributed by atoms with Crippen molar-refractivity contribution in [1.82, 2.24) is 0 Å². The summed E-state index contributed by atoms with van der Waals surface area (Å²) in [6.07, 6.45) is -0.0142. The van der Waals surface area contributed by atoms with E-state index in [1.54, 1.807) is 6.07 Å². The Bertz CT molecular complexity index is 1010. The first-order valence-corrected chi connectivity index (χ1v) is 8.33. The van der Waals surface area contributed by atoms with Gasteiger partial charge in [-0.05, 0) is 35.4 Å². The van der Waals surface area contributed by atoms with E-state index in [0.29, 0.717) is 12.1 Å². The van der Waals surface area contributed by atoms with Crippen molar-refractivity contribution in [3.63, 3.8) is 0 Å². The largest absolute Gasteiger partial charge is 0.465 e. The number of nitrogens with one attached hydrogen (secondary N) is 1. The molecule has 0 aliphatic carbocycles. The van der Waals surface area contributed by atoms with E-state index >= 15 is 0 Å². The van der Waals surface area contributed by atoms with Crippen LogP contribution >= 0.6 is 0 Å². The molecule has 0 saturated carbocycles. The van der Waals surface area contributed by atoms with Gasteiger partial charge in [0.25, 0.3) is 0 Å². The number of amides is 1. The Morgan fingerprint density at radius 1 is 1.14 bits per heavy atom. The van der Waals surface area contributed by atoms with Gasteiger partial charge in [-0.15, -0.1) is 0 Å². The summed E-state index contributed by atoms with van der Waals surface area (Å²) in [5, 5.41) is 11.4. The zero-order valence-electron chi connectivity index (χ0n) is 15.4. The fourth-order valence-electron chi connectivity index (χ4n) is 2.56. The fraction of sp³-hybridized carbons (Fsp3) is 0.200. The van der Waals surface area contributed by atoms with Gasteiger partial charge in [-0.3, -0.25) is 9.59 Å². The highest BCUT2D eigenvalue weighted by Crippen LogP contribution is 2.30. The van der Waals surface area contributed by atoms with Crippen LogP contribution in [0.1, 0.15) is 23.7 Å². The van der Waals surface area contributed by atoms with Crippen LogP contribution < -0.4 is 5.32 Å². The minimum Gasteiger partial charge on any atom is -0.465 e. The lowest BCUT2D eigenvalue weighted by Crippen LogP contribution is -2.28. The molecule has 0 fully saturated rings. The lowest BCUT2D eigenvalue weighted by Gasteiger charge is -2.13. The SMILES string of the molecule is CCC(=O)C(C#N)C(=O)Nc1ccc(-c2cc(F)c(F)c(F)c2)c(C(=O)OC)c1. The summed E-state index contributed by atoms with van der Waals surface area (Å²) in [5.74, 6) is -8.41. The molecular formula is C20H15F3N2O4. The van der Waals surface area contributed by atoms with E-state index in [-0.39, 0.29) is 28.8 Å². The molecule has 150 valence electrons. The second kappa shape index (κ2) is 9.01. The number of hydrogen-bond acceptors (Lipinski definition) is 5. The normalized spacial score (nSPS) is 11.3. The highest BCUT2D eigenvalue weighted by atomic mass is 19.2. The third-order valence-electron chi connectivity index (χ3n) is 4.05. The molecule has 0 spiro atoms. The van der Waals surface area contributed by atoms with Gasteiger partial charge < -0.3 is 10.1 Å². The number of anilines is 1. The highest BCUT2D eigenvalue weighted by molar-refractivity contribution is 6.10. The number of rotatable bonds is 6. The first-order valence-electron chi connectivity index (χ1n) is 8.33. The minimum absolute atomic E-state index is 0.0142. The quantitative estimate of drug-likeness (QED) is 0.451. The predicted octanol–water partition coefficient (Wildman–Crippen LogP) is 3.61. The second-order valence-electron chi connectivity index (χ2n) is 5.88. The van der Waals surface area contributed by atoms with Crippen LogP contribution in [0.5, 0.6) is 0 Å². The van der Waals surface area contributed by atoms with E-state index in [1.165, 1.54) is 19.1 Å². The van der Waals surface area contributed by atoms with Crippen molar-refractivity contribution in [2.24, 2.45) is 5.92 Å². The molecule has 0 aromatic heterocycles. The minimum atomic E-state index is -1.65. The summed E-state index contributed by atoms with van der Waals surface area (Å²) in [5.41, 5.74) is -0.234. The number of halogens is 3. The van der Waals surface area contributed by atoms with E-state index in [9.17, 15) is 27.6 Å². The van der Waals surface area contributed by atoms with Gasteiger partial charge in [-0.2, -0.15) is 5.26 Å². The lowest BCUT2D eigenvalue weighted by atomic mass is 9.98. The number of carbonyl (C=O) groups is 3. The molecule has 0 aliphatic rings. The van der Waals surface area contributed by atoms with Crippen LogP contribution in [0.25, 0.3) is 11.1 Å². The summed E-state index contributed by atoms with van der Waals surface area (Å²) < 4.78 is 45.0. The first kappa shape index (κ1) is 21.6. The number of nitriles is 1. The van der Waals surface area contributed by atoms with Crippen LogP contribution in [-0.2, 0) is 14.3 Å². The molecule has 1 N–H and O–H groups in total. The Kier molecular flexibility index (Phi) is 6.72. The molecule has 0 aliphatic heterocycles. The molecule has 29 heavy (non-hydrogen) atoms. The smallest absolute Gasteiger partial charge is 0.338 e. The molecule has 0 bridgehead atoms. The Morgan fingerprint density at radius 3 is 2.28 bits per heavy atom. The molecule has 0 heterocycles. The molecule has 2 rings (SSSR count). The van der Waals surface area contributed by atoms with Gasteiger partial charge in [0.2, 0.25) is 5.91 Å². The number of carbonyl (C=O) groups excluding carboxylic acids is 3. The third kappa shape index (κ3) is 4.60. The van der Waals surface area contributed by atoms with Gasteiger partial charge in [0, 0.05) is 12.1 Å². The van der Waals surface area contributed by atoms with Crippen molar-refractivity contribution >= 4 is 23.3 Å². The summed E-state index contributed by atoms with van der Waals surface area (Å²) in [6, 6.07) is 6.74. The average Bonchev–Trinajstić information content (AvgIpc) is 2.71. The zero-order valence-corrected chi connectivity index (χ0v) is 15.4. The molecule has 9 heteroatoms. The Labute approximate surface area is 163 Å². The van der Waals surface area contributed by atoms with Gasteiger partial charge in [0.05, 0.1) is 18.7 Å². The highest BCUT2D eigenvalue weighted by Gasteiger charge is 2.25. The molecule has 0 radical (unpaired) electrons. The van der Waals surface area contributed by atoms with Gasteiger partial charge in [-0.1, -0.05) is 13.0 Å². The second-order valence-corrected chi connectivity index (χ2v) is 5.88. The molecule has 1 unspecified atom stereocenters. The summed E-state index contributed by atoms with van der Waals surface area (Å²) in [7, 11) is 1.08. The fourth-order valence-corrected chi connectivity index (χ4v) is 2.56. The van der Waals surface area contributed by atoms with E-state index in [0.717, 1.165) is 13.2 Å². The standard InChI is InChI=1S/C20H15F3N2O4/c1-3-17(26)14(9-24)19(27)25-11-4-5-12(13(8-11)20(28)29-2)10-6-15(21)18(23)16(22)7-10/h4-8,14H,3H2,1-2H3,(H,25,27). The van der Waals surface area contributed by atoms with E-state index in [2.05, 4.69) is 10.1 Å². The van der Waals surface area contributed by atoms with E-state index < -0.39 is 41.0 Å². The van der Waals surface area contributed by atoms with Gasteiger partial charge in [0.1, 0.15) is 0 Å². The number of methoxy groups -OCH3 is 1. The maximum Gasteiger partial charge on any atom is 0.338 e. The Balaban J connectivity index is 2.48. The molecule has 0 saturated heterocycles. The summed E-state index contributed by atoms with van der Waals surface area (Å²) >= 11 is 0. The van der Waals surface area contributed by atoms with E-state index in [1.807, 2.05) is 0 Å². The average molecular weight is 404 g/mol. The van der Waals surface area contributed by atoms with Crippen molar-refractivity contribution in [1.29, 1.82) is 5.26 Å². The topological polar surface area (TPSA) is 96.3 Å². The van der Waals surface area contributed by atoms with Crippen molar-refractivity contribution < 1.29 is 32.3 Å². The number of nitrogens with zero attached hydrogens (tertiary/aromatic N) is 1. The van der Waals surface area contributed by atoms with Gasteiger partial charge in [-0.25, -0.2) is 18.0 Å². The van der Waals surface area contributed by atoms with Crippen molar-refractivity contribution in [3.05, 3.63) is 53.3 Å².